The SMILES string of the molecule is CC(CN1CCOCC1)NC(=O)Cc1cc(Cl)c2c(c1)OCCCO2. The Bertz CT molecular complexity index is 605. The molecular weight excluding hydrogens is 344 g/mol. The van der Waals surface area contributed by atoms with Crippen LogP contribution in [-0.2, 0) is 16.0 Å². The molecule has 0 spiro atoms. The molecular formula is C18H25ClN2O4. The van der Waals surface area contributed by atoms with Gasteiger partial charge in [-0.05, 0) is 24.6 Å². The van der Waals surface area contributed by atoms with Crippen molar-refractivity contribution in [1.82, 2.24) is 10.2 Å². The van der Waals surface area contributed by atoms with E-state index in [0.717, 1.165) is 44.8 Å². The fourth-order valence-corrected chi connectivity index (χ4v) is 3.40. The number of morpholine rings is 1. The summed E-state index contributed by atoms with van der Waals surface area (Å²) in [6.45, 7) is 7.38. The Labute approximate surface area is 153 Å². The largest absolute Gasteiger partial charge is 0.489 e. The van der Waals surface area contributed by atoms with Crippen LogP contribution in [0.25, 0.3) is 0 Å². The van der Waals surface area contributed by atoms with E-state index in [-0.39, 0.29) is 18.4 Å². The highest BCUT2D eigenvalue weighted by atomic mass is 35.5. The molecule has 0 aromatic heterocycles. The van der Waals surface area contributed by atoms with Crippen molar-refractivity contribution in [2.45, 2.75) is 25.8 Å². The molecule has 25 heavy (non-hydrogen) atoms. The van der Waals surface area contributed by atoms with Gasteiger partial charge in [0.2, 0.25) is 5.91 Å². The van der Waals surface area contributed by atoms with Crippen molar-refractivity contribution < 1.29 is 19.0 Å². The summed E-state index contributed by atoms with van der Waals surface area (Å²) in [5.74, 6) is 1.17. The Morgan fingerprint density at radius 3 is 2.80 bits per heavy atom. The minimum absolute atomic E-state index is 0.0219. The van der Waals surface area contributed by atoms with Crippen LogP contribution in [0.4, 0.5) is 0 Å². The molecule has 1 aromatic carbocycles. The van der Waals surface area contributed by atoms with Crippen LogP contribution in [0.2, 0.25) is 5.02 Å². The van der Waals surface area contributed by atoms with Crippen molar-refractivity contribution in [2.24, 2.45) is 0 Å². The third kappa shape index (κ3) is 5.23. The first-order valence-corrected chi connectivity index (χ1v) is 9.17. The summed E-state index contributed by atoms with van der Waals surface area (Å²) in [7, 11) is 0. The van der Waals surface area contributed by atoms with E-state index >= 15 is 0 Å². The molecule has 138 valence electrons. The Kier molecular flexibility index (Phi) is 6.39. The van der Waals surface area contributed by atoms with Crippen LogP contribution in [0, 0.1) is 0 Å². The second-order valence-electron chi connectivity index (χ2n) is 6.51. The maximum atomic E-state index is 12.3. The molecule has 0 aliphatic carbocycles. The first-order valence-electron chi connectivity index (χ1n) is 8.79. The van der Waals surface area contributed by atoms with Crippen LogP contribution in [0.1, 0.15) is 18.9 Å². The van der Waals surface area contributed by atoms with E-state index in [4.69, 9.17) is 25.8 Å². The van der Waals surface area contributed by atoms with E-state index in [1.807, 2.05) is 13.0 Å². The van der Waals surface area contributed by atoms with Gasteiger partial charge in [-0.3, -0.25) is 9.69 Å². The van der Waals surface area contributed by atoms with Crippen LogP contribution < -0.4 is 14.8 Å². The summed E-state index contributed by atoms with van der Waals surface area (Å²) >= 11 is 6.28. The van der Waals surface area contributed by atoms with Crippen molar-refractivity contribution >= 4 is 17.5 Å². The number of benzene rings is 1. The maximum absolute atomic E-state index is 12.3. The number of nitrogens with zero attached hydrogens (tertiary/aromatic N) is 1. The van der Waals surface area contributed by atoms with Gasteiger partial charge in [0, 0.05) is 32.1 Å². The van der Waals surface area contributed by atoms with Crippen LogP contribution in [0.15, 0.2) is 12.1 Å². The highest BCUT2D eigenvalue weighted by Gasteiger charge is 2.18. The van der Waals surface area contributed by atoms with Crippen molar-refractivity contribution in [2.75, 3.05) is 46.1 Å². The fraction of sp³-hybridized carbons (Fsp3) is 0.611. The average molecular weight is 369 g/mol. The molecule has 7 heteroatoms. The molecule has 2 aliphatic heterocycles. The van der Waals surface area contributed by atoms with E-state index in [1.165, 1.54) is 0 Å². The molecule has 0 radical (unpaired) electrons. The maximum Gasteiger partial charge on any atom is 0.224 e. The van der Waals surface area contributed by atoms with E-state index in [2.05, 4.69) is 10.2 Å². The highest BCUT2D eigenvalue weighted by molar-refractivity contribution is 6.32. The third-order valence-electron chi connectivity index (χ3n) is 4.27. The number of nitrogens with one attached hydrogen (secondary N) is 1. The molecule has 0 bridgehead atoms. The van der Waals surface area contributed by atoms with Gasteiger partial charge in [0.25, 0.3) is 0 Å². The summed E-state index contributed by atoms with van der Waals surface area (Å²) in [6.07, 6.45) is 1.09. The van der Waals surface area contributed by atoms with Crippen LogP contribution in [0.5, 0.6) is 11.5 Å². The Hall–Kier alpha value is -1.50. The number of carbonyl (C=O) groups excluding carboxylic acids is 1. The van der Waals surface area contributed by atoms with Gasteiger partial charge in [-0.2, -0.15) is 0 Å². The molecule has 2 heterocycles. The average Bonchev–Trinajstić information content (AvgIpc) is 2.81. The monoisotopic (exact) mass is 368 g/mol. The minimum Gasteiger partial charge on any atom is -0.489 e. The lowest BCUT2D eigenvalue weighted by Gasteiger charge is -2.29. The molecule has 1 fully saturated rings. The molecule has 0 saturated carbocycles. The van der Waals surface area contributed by atoms with Gasteiger partial charge in [-0.25, -0.2) is 0 Å². The number of hydrogen-bond donors (Lipinski definition) is 1. The first-order chi connectivity index (χ1) is 12.1. The quantitative estimate of drug-likeness (QED) is 0.860. The van der Waals surface area contributed by atoms with E-state index < -0.39 is 0 Å². The van der Waals surface area contributed by atoms with Crippen molar-refractivity contribution in [3.8, 4) is 11.5 Å². The number of halogens is 1. The second-order valence-corrected chi connectivity index (χ2v) is 6.92. The van der Waals surface area contributed by atoms with Crippen molar-refractivity contribution in [3.63, 3.8) is 0 Å². The summed E-state index contributed by atoms with van der Waals surface area (Å²) < 4.78 is 16.6. The lowest BCUT2D eigenvalue weighted by Crippen LogP contribution is -2.46. The number of rotatable bonds is 5. The van der Waals surface area contributed by atoms with Crippen LogP contribution >= 0.6 is 11.6 Å². The molecule has 1 N–H and O–H groups in total. The summed E-state index contributed by atoms with van der Waals surface area (Å²) in [4.78, 5) is 14.6. The molecule has 3 rings (SSSR count). The molecule has 1 atom stereocenters. The zero-order valence-electron chi connectivity index (χ0n) is 14.6. The molecule has 1 unspecified atom stereocenters. The Balaban J connectivity index is 1.55. The predicted octanol–water partition coefficient (Wildman–Crippen LogP) is 1.88. The molecule has 2 aliphatic rings. The number of fused-ring (bicyclic) bond motifs is 1. The lowest BCUT2D eigenvalue weighted by atomic mass is 10.1. The minimum atomic E-state index is -0.0219. The van der Waals surface area contributed by atoms with E-state index in [0.29, 0.717) is 29.7 Å². The number of ether oxygens (including phenoxy) is 3. The van der Waals surface area contributed by atoms with Gasteiger partial charge in [-0.1, -0.05) is 11.6 Å². The van der Waals surface area contributed by atoms with Gasteiger partial charge in [0.1, 0.15) is 0 Å². The van der Waals surface area contributed by atoms with Gasteiger partial charge < -0.3 is 19.5 Å². The number of hydrogen-bond acceptors (Lipinski definition) is 5. The summed E-state index contributed by atoms with van der Waals surface area (Å²) in [6, 6.07) is 3.71. The molecule has 1 aromatic rings. The lowest BCUT2D eigenvalue weighted by molar-refractivity contribution is -0.121. The third-order valence-corrected chi connectivity index (χ3v) is 4.55. The second kappa shape index (κ2) is 8.74. The first kappa shape index (κ1) is 18.3. The fourth-order valence-electron chi connectivity index (χ4n) is 3.11. The van der Waals surface area contributed by atoms with Gasteiger partial charge in [0.05, 0.1) is 37.9 Å². The number of carbonyl (C=O) groups is 1. The van der Waals surface area contributed by atoms with E-state index in [9.17, 15) is 4.79 Å². The molecule has 6 nitrogen and oxygen atoms in total. The predicted molar refractivity (Wildman–Crippen MR) is 95.6 cm³/mol. The molecule has 1 amide bonds. The van der Waals surface area contributed by atoms with Gasteiger partial charge in [0.15, 0.2) is 11.5 Å². The topological polar surface area (TPSA) is 60.0 Å². The van der Waals surface area contributed by atoms with Gasteiger partial charge >= 0.3 is 0 Å². The Morgan fingerprint density at radius 2 is 2.00 bits per heavy atom. The summed E-state index contributed by atoms with van der Waals surface area (Å²) in [5.41, 5.74) is 0.824. The Morgan fingerprint density at radius 1 is 1.24 bits per heavy atom. The van der Waals surface area contributed by atoms with Crippen molar-refractivity contribution in [3.05, 3.63) is 22.7 Å². The number of amides is 1. The normalized spacial score (nSPS) is 19.1. The summed E-state index contributed by atoms with van der Waals surface area (Å²) in [5, 5.41) is 3.54. The smallest absolute Gasteiger partial charge is 0.224 e. The van der Waals surface area contributed by atoms with E-state index in [1.54, 1.807) is 6.07 Å². The van der Waals surface area contributed by atoms with Gasteiger partial charge in [-0.15, -0.1) is 0 Å². The standard InChI is InChI=1S/C18H25ClN2O4/c1-13(12-21-3-7-23-8-4-21)20-17(22)11-14-9-15(19)18-16(10-14)24-5-2-6-25-18/h9-10,13H,2-8,11-12H2,1H3,(H,20,22). The highest BCUT2D eigenvalue weighted by Crippen LogP contribution is 2.38. The van der Waals surface area contributed by atoms with Crippen LogP contribution in [0.3, 0.4) is 0 Å². The van der Waals surface area contributed by atoms with Crippen molar-refractivity contribution in [1.29, 1.82) is 0 Å². The van der Waals surface area contributed by atoms with Crippen LogP contribution in [-0.4, -0.2) is 62.9 Å². The molecule has 1 saturated heterocycles. The zero-order valence-corrected chi connectivity index (χ0v) is 15.3. The zero-order chi connectivity index (χ0) is 17.6.